The monoisotopic (exact) mass is 481 g/mol. The third kappa shape index (κ3) is 5.37. The van der Waals surface area contributed by atoms with Gasteiger partial charge in [0.1, 0.15) is 17.0 Å². The quantitative estimate of drug-likeness (QED) is 0.375. The highest BCUT2D eigenvalue weighted by molar-refractivity contribution is 7.91. The van der Waals surface area contributed by atoms with E-state index in [2.05, 4.69) is 9.97 Å². The lowest BCUT2D eigenvalue weighted by molar-refractivity contribution is -0.116. The minimum atomic E-state index is -3.68. The van der Waals surface area contributed by atoms with E-state index >= 15 is 0 Å². The summed E-state index contributed by atoms with van der Waals surface area (Å²) in [6.07, 6.45) is 3.30. The highest BCUT2D eigenvalue weighted by atomic mass is 32.2. The standard InChI is InChI=1S/C24H23N3O4S2/c1-17-10-11-20(31-2)22-23(17)32-24(26-22)27(14-19-9-6-12-25-13-19)21(28)16-33(29,30)15-18-7-4-3-5-8-18/h3-13H,14-16H2,1-2H3. The van der Waals surface area contributed by atoms with Crippen molar-refractivity contribution in [3.8, 4) is 5.75 Å². The second-order valence-electron chi connectivity index (χ2n) is 7.62. The van der Waals surface area contributed by atoms with Crippen LogP contribution < -0.4 is 9.64 Å². The third-order valence-corrected chi connectivity index (χ3v) is 7.75. The zero-order chi connectivity index (χ0) is 23.4. The molecule has 0 aliphatic heterocycles. The number of rotatable bonds is 8. The lowest BCUT2D eigenvalue weighted by Gasteiger charge is -2.20. The fourth-order valence-corrected chi connectivity index (χ4v) is 5.86. The van der Waals surface area contributed by atoms with E-state index in [1.807, 2.05) is 31.2 Å². The molecule has 0 aliphatic carbocycles. The van der Waals surface area contributed by atoms with Crippen molar-refractivity contribution in [2.45, 2.75) is 19.2 Å². The number of hydrogen-bond donors (Lipinski definition) is 0. The van der Waals surface area contributed by atoms with Crippen molar-refractivity contribution in [2.75, 3.05) is 17.8 Å². The van der Waals surface area contributed by atoms with Crippen molar-refractivity contribution in [3.63, 3.8) is 0 Å². The Hall–Kier alpha value is -3.30. The van der Waals surface area contributed by atoms with E-state index in [1.165, 1.54) is 16.2 Å². The van der Waals surface area contributed by atoms with Gasteiger partial charge < -0.3 is 4.74 Å². The van der Waals surface area contributed by atoms with Crippen LogP contribution in [-0.2, 0) is 26.9 Å². The molecule has 2 aromatic heterocycles. The molecule has 0 spiro atoms. The average Bonchev–Trinajstić information content (AvgIpc) is 3.24. The fraction of sp³-hybridized carbons (Fsp3) is 0.208. The summed E-state index contributed by atoms with van der Waals surface area (Å²) in [4.78, 5) is 23.5. The molecule has 33 heavy (non-hydrogen) atoms. The molecular formula is C24H23N3O4S2. The van der Waals surface area contributed by atoms with Gasteiger partial charge in [0.15, 0.2) is 15.0 Å². The minimum Gasteiger partial charge on any atom is -0.494 e. The molecule has 0 bridgehead atoms. The number of pyridine rings is 1. The number of fused-ring (bicyclic) bond motifs is 1. The maximum absolute atomic E-state index is 13.3. The van der Waals surface area contributed by atoms with Gasteiger partial charge in [-0.3, -0.25) is 14.7 Å². The highest BCUT2D eigenvalue weighted by Gasteiger charge is 2.26. The van der Waals surface area contributed by atoms with Crippen molar-refractivity contribution in [2.24, 2.45) is 0 Å². The van der Waals surface area contributed by atoms with E-state index in [4.69, 9.17) is 4.74 Å². The molecule has 0 atom stereocenters. The molecule has 0 N–H and O–H groups in total. The molecular weight excluding hydrogens is 458 g/mol. The van der Waals surface area contributed by atoms with Gasteiger partial charge in [0.25, 0.3) is 0 Å². The summed E-state index contributed by atoms with van der Waals surface area (Å²) in [5.41, 5.74) is 3.06. The highest BCUT2D eigenvalue weighted by Crippen LogP contribution is 2.37. The number of aryl methyl sites for hydroxylation is 1. The summed E-state index contributed by atoms with van der Waals surface area (Å²) in [6, 6.07) is 16.2. The van der Waals surface area contributed by atoms with Crippen LogP contribution in [-0.4, -0.2) is 37.2 Å². The summed E-state index contributed by atoms with van der Waals surface area (Å²) in [5.74, 6) is -0.754. The number of nitrogens with zero attached hydrogens (tertiary/aromatic N) is 3. The molecule has 4 rings (SSSR count). The van der Waals surface area contributed by atoms with E-state index in [1.54, 1.807) is 49.8 Å². The van der Waals surface area contributed by atoms with E-state index in [0.717, 1.165) is 15.8 Å². The fourth-order valence-electron chi connectivity index (χ4n) is 3.46. The Kier molecular flexibility index (Phi) is 6.71. The van der Waals surface area contributed by atoms with Crippen LogP contribution in [0.4, 0.5) is 5.13 Å². The summed E-state index contributed by atoms with van der Waals surface area (Å²) < 4.78 is 32.0. The van der Waals surface area contributed by atoms with Gasteiger partial charge in [-0.05, 0) is 35.7 Å². The van der Waals surface area contributed by atoms with Gasteiger partial charge in [-0.25, -0.2) is 13.4 Å². The Morgan fingerprint density at radius 3 is 2.52 bits per heavy atom. The Balaban J connectivity index is 1.69. The SMILES string of the molecule is COc1ccc(C)c2sc(N(Cc3cccnc3)C(=O)CS(=O)(=O)Cc3ccccc3)nc12. The van der Waals surface area contributed by atoms with Crippen molar-refractivity contribution in [1.82, 2.24) is 9.97 Å². The van der Waals surface area contributed by atoms with Crippen LogP contribution in [0.15, 0.2) is 67.0 Å². The van der Waals surface area contributed by atoms with Crippen molar-refractivity contribution >= 4 is 42.4 Å². The molecule has 170 valence electrons. The Labute approximate surface area is 196 Å². The molecule has 0 radical (unpaired) electrons. The summed E-state index contributed by atoms with van der Waals surface area (Å²) in [5, 5.41) is 0.418. The van der Waals surface area contributed by atoms with E-state index < -0.39 is 21.5 Å². The van der Waals surface area contributed by atoms with Crippen molar-refractivity contribution in [3.05, 3.63) is 83.7 Å². The molecule has 2 heterocycles. The number of sulfone groups is 1. The van der Waals surface area contributed by atoms with Gasteiger partial charge in [-0.2, -0.15) is 0 Å². The number of thiazole rings is 1. The first kappa shape index (κ1) is 22.9. The Morgan fingerprint density at radius 2 is 1.82 bits per heavy atom. The predicted molar refractivity (Wildman–Crippen MR) is 130 cm³/mol. The molecule has 0 saturated heterocycles. The molecule has 0 fully saturated rings. The van der Waals surface area contributed by atoms with Gasteiger partial charge in [-0.1, -0.05) is 53.8 Å². The van der Waals surface area contributed by atoms with Crippen LogP contribution in [0.3, 0.4) is 0 Å². The molecule has 4 aromatic rings. The smallest absolute Gasteiger partial charge is 0.244 e. The maximum atomic E-state index is 13.3. The Morgan fingerprint density at radius 1 is 1.06 bits per heavy atom. The maximum Gasteiger partial charge on any atom is 0.244 e. The first-order valence-corrected chi connectivity index (χ1v) is 12.9. The zero-order valence-electron chi connectivity index (χ0n) is 18.3. The predicted octanol–water partition coefficient (Wildman–Crippen LogP) is 4.16. The number of ether oxygens (including phenoxy) is 1. The molecule has 0 aliphatic rings. The minimum absolute atomic E-state index is 0.161. The molecule has 1 amide bonds. The summed E-state index contributed by atoms with van der Waals surface area (Å²) in [6.45, 7) is 2.12. The summed E-state index contributed by atoms with van der Waals surface area (Å²) >= 11 is 1.34. The normalized spacial score (nSPS) is 11.5. The topological polar surface area (TPSA) is 89.5 Å². The van der Waals surface area contributed by atoms with E-state index in [-0.39, 0.29) is 12.3 Å². The lowest BCUT2D eigenvalue weighted by atomic mass is 10.2. The van der Waals surface area contributed by atoms with Gasteiger partial charge in [0.2, 0.25) is 5.91 Å². The number of carbonyl (C=O) groups is 1. The molecule has 7 nitrogen and oxygen atoms in total. The zero-order valence-corrected chi connectivity index (χ0v) is 19.9. The second kappa shape index (κ2) is 9.68. The number of methoxy groups -OCH3 is 1. The largest absolute Gasteiger partial charge is 0.494 e. The van der Waals surface area contributed by atoms with Crippen LogP contribution in [0.2, 0.25) is 0 Å². The van der Waals surface area contributed by atoms with Gasteiger partial charge in [-0.15, -0.1) is 0 Å². The molecule has 0 saturated carbocycles. The number of benzene rings is 2. The van der Waals surface area contributed by atoms with Crippen LogP contribution in [0.1, 0.15) is 16.7 Å². The van der Waals surface area contributed by atoms with Crippen molar-refractivity contribution < 1.29 is 17.9 Å². The lowest BCUT2D eigenvalue weighted by Crippen LogP contribution is -2.35. The first-order chi connectivity index (χ1) is 15.9. The van der Waals surface area contributed by atoms with Crippen molar-refractivity contribution in [1.29, 1.82) is 0 Å². The van der Waals surface area contributed by atoms with Gasteiger partial charge in [0, 0.05) is 12.4 Å². The van der Waals surface area contributed by atoms with E-state index in [9.17, 15) is 13.2 Å². The molecule has 2 aromatic carbocycles. The van der Waals surface area contributed by atoms with Crippen LogP contribution >= 0.6 is 11.3 Å². The molecule has 9 heteroatoms. The molecule has 0 unspecified atom stereocenters. The van der Waals surface area contributed by atoms with Crippen LogP contribution in [0.5, 0.6) is 5.75 Å². The first-order valence-electron chi connectivity index (χ1n) is 10.2. The summed E-state index contributed by atoms with van der Waals surface area (Å²) in [7, 11) is -2.12. The number of hydrogen-bond acceptors (Lipinski definition) is 7. The Bertz CT molecular complexity index is 1370. The van der Waals surface area contributed by atoms with Gasteiger partial charge in [0.05, 0.1) is 24.1 Å². The third-order valence-electron chi connectivity index (χ3n) is 5.08. The van der Waals surface area contributed by atoms with Gasteiger partial charge >= 0.3 is 0 Å². The van der Waals surface area contributed by atoms with E-state index in [0.29, 0.717) is 22.0 Å². The average molecular weight is 482 g/mol. The second-order valence-corrected chi connectivity index (χ2v) is 10.7. The number of amides is 1. The number of aromatic nitrogens is 2. The van der Waals surface area contributed by atoms with Crippen LogP contribution in [0.25, 0.3) is 10.2 Å². The number of anilines is 1. The number of carbonyl (C=O) groups excluding carboxylic acids is 1. The van der Waals surface area contributed by atoms with Crippen LogP contribution in [0, 0.1) is 6.92 Å².